The van der Waals surface area contributed by atoms with Crippen LogP contribution in [0.2, 0.25) is 0 Å². The van der Waals surface area contributed by atoms with E-state index in [4.69, 9.17) is 10.5 Å². The Morgan fingerprint density at radius 3 is 2.93 bits per heavy atom. The minimum absolute atomic E-state index is 0.291. The minimum Gasteiger partial charge on any atom is -0.495 e. The molecule has 2 heterocycles. The normalized spacial score (nSPS) is 21.3. The van der Waals surface area contributed by atoms with Crippen molar-refractivity contribution in [3.63, 3.8) is 0 Å². The smallest absolute Gasteiger partial charge is 0.137 e. The summed E-state index contributed by atoms with van der Waals surface area (Å²) >= 11 is 0. The van der Waals surface area contributed by atoms with Gasteiger partial charge >= 0.3 is 0 Å². The third-order valence-electron chi connectivity index (χ3n) is 2.51. The molecular formula is C10H15N3O. The van der Waals surface area contributed by atoms with Crippen molar-refractivity contribution in [3.05, 3.63) is 18.3 Å². The van der Waals surface area contributed by atoms with Gasteiger partial charge in [0, 0.05) is 19.1 Å². The molecule has 1 unspecified atom stereocenters. The van der Waals surface area contributed by atoms with Gasteiger partial charge in [-0.3, -0.25) is 0 Å². The number of methoxy groups -OCH3 is 1. The van der Waals surface area contributed by atoms with E-state index >= 15 is 0 Å². The van der Waals surface area contributed by atoms with Gasteiger partial charge in [-0.2, -0.15) is 0 Å². The summed E-state index contributed by atoms with van der Waals surface area (Å²) in [4.78, 5) is 6.51. The van der Waals surface area contributed by atoms with E-state index in [1.165, 1.54) is 0 Å². The molecule has 4 nitrogen and oxygen atoms in total. The molecule has 4 heteroatoms. The van der Waals surface area contributed by atoms with Gasteiger partial charge in [-0.1, -0.05) is 0 Å². The maximum atomic E-state index is 5.82. The van der Waals surface area contributed by atoms with E-state index < -0.39 is 0 Å². The van der Waals surface area contributed by atoms with E-state index in [-0.39, 0.29) is 0 Å². The van der Waals surface area contributed by atoms with Crippen LogP contribution in [0.3, 0.4) is 0 Å². The third kappa shape index (κ3) is 1.80. The highest BCUT2D eigenvalue weighted by Crippen LogP contribution is 2.19. The first kappa shape index (κ1) is 9.27. The van der Waals surface area contributed by atoms with E-state index in [0.29, 0.717) is 6.04 Å². The quantitative estimate of drug-likeness (QED) is 0.748. The van der Waals surface area contributed by atoms with Crippen molar-refractivity contribution in [1.82, 2.24) is 4.98 Å². The fraction of sp³-hybridized carbons (Fsp3) is 0.500. The predicted molar refractivity (Wildman–Crippen MR) is 55.6 cm³/mol. The van der Waals surface area contributed by atoms with Crippen molar-refractivity contribution in [2.45, 2.75) is 12.5 Å². The van der Waals surface area contributed by atoms with Crippen LogP contribution in [0.5, 0.6) is 5.75 Å². The number of anilines is 1. The van der Waals surface area contributed by atoms with Crippen LogP contribution in [-0.4, -0.2) is 31.2 Å². The number of rotatable bonds is 2. The Labute approximate surface area is 83.7 Å². The van der Waals surface area contributed by atoms with Crippen molar-refractivity contribution in [3.8, 4) is 5.75 Å². The van der Waals surface area contributed by atoms with E-state index in [1.54, 1.807) is 13.3 Å². The lowest BCUT2D eigenvalue weighted by Crippen LogP contribution is -2.26. The van der Waals surface area contributed by atoms with Gasteiger partial charge in [-0.05, 0) is 18.6 Å². The lowest BCUT2D eigenvalue weighted by atomic mass is 10.3. The van der Waals surface area contributed by atoms with E-state index in [0.717, 1.165) is 31.1 Å². The molecule has 2 N–H and O–H groups in total. The summed E-state index contributed by atoms with van der Waals surface area (Å²) in [6.07, 6.45) is 2.78. The monoisotopic (exact) mass is 193 g/mol. The van der Waals surface area contributed by atoms with E-state index in [9.17, 15) is 0 Å². The van der Waals surface area contributed by atoms with Gasteiger partial charge in [0.2, 0.25) is 0 Å². The molecule has 0 bridgehead atoms. The van der Waals surface area contributed by atoms with Gasteiger partial charge in [0.05, 0.1) is 13.3 Å². The Kier molecular flexibility index (Phi) is 2.54. The second-order valence-electron chi connectivity index (χ2n) is 3.55. The molecule has 1 atom stereocenters. The van der Waals surface area contributed by atoms with Crippen LogP contribution >= 0.6 is 0 Å². The number of ether oxygens (including phenoxy) is 1. The Morgan fingerprint density at radius 2 is 2.43 bits per heavy atom. The van der Waals surface area contributed by atoms with Crippen LogP contribution in [-0.2, 0) is 0 Å². The molecule has 1 aliphatic rings. The topological polar surface area (TPSA) is 51.4 Å². The minimum atomic E-state index is 0.291. The van der Waals surface area contributed by atoms with E-state index in [1.807, 2.05) is 12.1 Å². The maximum absolute atomic E-state index is 5.82. The zero-order chi connectivity index (χ0) is 9.97. The summed E-state index contributed by atoms with van der Waals surface area (Å²) in [7, 11) is 1.64. The SMILES string of the molecule is COc1ccc(N2CCC(N)C2)nc1. The number of aromatic nitrogens is 1. The molecule has 0 aliphatic carbocycles. The summed E-state index contributed by atoms with van der Waals surface area (Å²) in [5.74, 6) is 1.77. The lowest BCUT2D eigenvalue weighted by Gasteiger charge is -2.16. The van der Waals surface area contributed by atoms with Crippen molar-refractivity contribution in [2.24, 2.45) is 5.73 Å². The lowest BCUT2D eigenvalue weighted by molar-refractivity contribution is 0.413. The van der Waals surface area contributed by atoms with E-state index in [2.05, 4.69) is 9.88 Å². The number of nitrogens with zero attached hydrogens (tertiary/aromatic N) is 2. The van der Waals surface area contributed by atoms with Crippen LogP contribution < -0.4 is 15.4 Å². The fourth-order valence-corrected chi connectivity index (χ4v) is 1.68. The Hall–Kier alpha value is -1.29. The average Bonchev–Trinajstić information content (AvgIpc) is 2.65. The first-order chi connectivity index (χ1) is 6.79. The molecule has 1 fully saturated rings. The molecule has 76 valence electrons. The summed E-state index contributed by atoms with van der Waals surface area (Å²) in [6.45, 7) is 1.90. The Morgan fingerprint density at radius 1 is 1.57 bits per heavy atom. The molecular weight excluding hydrogens is 178 g/mol. The van der Waals surface area contributed by atoms with Gasteiger partial charge in [-0.25, -0.2) is 4.98 Å². The van der Waals surface area contributed by atoms with Crippen molar-refractivity contribution in [2.75, 3.05) is 25.1 Å². The number of hydrogen-bond acceptors (Lipinski definition) is 4. The van der Waals surface area contributed by atoms with Gasteiger partial charge in [0.15, 0.2) is 0 Å². The second-order valence-corrected chi connectivity index (χ2v) is 3.55. The van der Waals surface area contributed by atoms with Gasteiger partial charge in [-0.15, -0.1) is 0 Å². The first-order valence-electron chi connectivity index (χ1n) is 4.80. The van der Waals surface area contributed by atoms with Crippen LogP contribution in [0.1, 0.15) is 6.42 Å². The second kappa shape index (κ2) is 3.84. The molecule has 14 heavy (non-hydrogen) atoms. The zero-order valence-electron chi connectivity index (χ0n) is 8.31. The van der Waals surface area contributed by atoms with Crippen LogP contribution in [0.15, 0.2) is 18.3 Å². The zero-order valence-corrected chi connectivity index (χ0v) is 8.31. The highest BCUT2D eigenvalue weighted by atomic mass is 16.5. The van der Waals surface area contributed by atoms with Crippen LogP contribution in [0.4, 0.5) is 5.82 Å². The summed E-state index contributed by atoms with van der Waals surface area (Å²) < 4.78 is 5.05. The van der Waals surface area contributed by atoms with Crippen LogP contribution in [0, 0.1) is 0 Å². The standard InChI is InChI=1S/C10H15N3O/c1-14-9-2-3-10(12-6-9)13-5-4-8(11)7-13/h2-3,6,8H,4-5,7,11H2,1H3. The molecule has 1 saturated heterocycles. The number of hydrogen-bond donors (Lipinski definition) is 1. The third-order valence-corrected chi connectivity index (χ3v) is 2.51. The molecule has 0 radical (unpaired) electrons. The molecule has 1 aromatic rings. The van der Waals surface area contributed by atoms with Crippen LogP contribution in [0.25, 0.3) is 0 Å². The summed E-state index contributed by atoms with van der Waals surface area (Å²) in [5, 5.41) is 0. The Bertz CT molecular complexity index is 299. The number of nitrogens with two attached hydrogens (primary N) is 1. The maximum Gasteiger partial charge on any atom is 0.137 e. The Balaban J connectivity index is 2.09. The first-order valence-corrected chi connectivity index (χ1v) is 4.80. The average molecular weight is 193 g/mol. The van der Waals surface area contributed by atoms with Gasteiger partial charge in [0.25, 0.3) is 0 Å². The molecule has 0 aromatic carbocycles. The molecule has 1 aliphatic heterocycles. The fourth-order valence-electron chi connectivity index (χ4n) is 1.68. The van der Waals surface area contributed by atoms with Crippen molar-refractivity contribution >= 4 is 5.82 Å². The molecule has 0 amide bonds. The summed E-state index contributed by atoms with van der Waals surface area (Å²) in [5.41, 5.74) is 5.82. The molecule has 1 aromatic heterocycles. The molecule has 0 saturated carbocycles. The molecule has 2 rings (SSSR count). The van der Waals surface area contributed by atoms with Crippen molar-refractivity contribution < 1.29 is 4.74 Å². The van der Waals surface area contributed by atoms with Gasteiger partial charge in [0.1, 0.15) is 11.6 Å². The highest BCUT2D eigenvalue weighted by Gasteiger charge is 2.19. The van der Waals surface area contributed by atoms with Crippen molar-refractivity contribution in [1.29, 1.82) is 0 Å². The van der Waals surface area contributed by atoms with Gasteiger partial charge < -0.3 is 15.4 Å². The highest BCUT2D eigenvalue weighted by molar-refractivity contribution is 5.42. The molecule has 0 spiro atoms. The number of pyridine rings is 1. The summed E-state index contributed by atoms with van der Waals surface area (Å²) in [6, 6.07) is 4.18. The predicted octanol–water partition coefficient (Wildman–Crippen LogP) is 0.628. The largest absolute Gasteiger partial charge is 0.495 e.